The molecule has 0 spiro atoms. The predicted molar refractivity (Wildman–Crippen MR) is 83.9 cm³/mol. The number of nitrogens with one attached hydrogen (secondary N) is 1. The van der Waals surface area contributed by atoms with Crippen molar-refractivity contribution in [3.63, 3.8) is 0 Å². The van der Waals surface area contributed by atoms with Gasteiger partial charge in [-0.05, 0) is 17.9 Å². The topological polar surface area (TPSA) is 24.5 Å². The second-order valence-corrected chi connectivity index (χ2v) is 5.96. The lowest BCUT2D eigenvalue weighted by Gasteiger charge is -2.36. The van der Waals surface area contributed by atoms with Crippen LogP contribution in [0, 0.1) is 5.92 Å². The van der Waals surface area contributed by atoms with Crippen LogP contribution in [0.4, 0.5) is 0 Å². The summed E-state index contributed by atoms with van der Waals surface area (Å²) in [5.41, 5.74) is 1.40. The minimum Gasteiger partial charge on any atom is -0.380 e. The van der Waals surface area contributed by atoms with Gasteiger partial charge in [-0.15, -0.1) is 0 Å². The summed E-state index contributed by atoms with van der Waals surface area (Å²) >= 11 is 0. The molecule has 3 heteroatoms. The highest BCUT2D eigenvalue weighted by Gasteiger charge is 2.22. The van der Waals surface area contributed by atoms with Gasteiger partial charge >= 0.3 is 0 Å². The van der Waals surface area contributed by atoms with Gasteiger partial charge in [0.25, 0.3) is 0 Å². The number of benzene rings is 1. The minimum absolute atomic E-state index is 0.485. The SMILES string of the molecule is CC(C)CCOCCN1CCNCC1c1ccccc1. The summed E-state index contributed by atoms with van der Waals surface area (Å²) in [6.45, 7) is 10.5. The van der Waals surface area contributed by atoms with Crippen LogP contribution in [0.25, 0.3) is 0 Å². The molecule has 0 aliphatic carbocycles. The van der Waals surface area contributed by atoms with Crippen LogP contribution in [0.15, 0.2) is 30.3 Å². The summed E-state index contributed by atoms with van der Waals surface area (Å²) < 4.78 is 5.77. The van der Waals surface area contributed by atoms with Gasteiger partial charge in [-0.3, -0.25) is 4.90 Å². The monoisotopic (exact) mass is 276 g/mol. The Balaban J connectivity index is 1.79. The van der Waals surface area contributed by atoms with Gasteiger partial charge in [0.1, 0.15) is 0 Å². The molecule has 1 unspecified atom stereocenters. The molecule has 2 rings (SSSR count). The van der Waals surface area contributed by atoms with E-state index in [1.54, 1.807) is 0 Å². The Labute approximate surface area is 123 Å². The van der Waals surface area contributed by atoms with Gasteiger partial charge in [-0.2, -0.15) is 0 Å². The Bertz CT molecular complexity index is 367. The van der Waals surface area contributed by atoms with Gasteiger partial charge < -0.3 is 10.1 Å². The number of hydrogen-bond acceptors (Lipinski definition) is 3. The maximum atomic E-state index is 5.77. The lowest BCUT2D eigenvalue weighted by molar-refractivity contribution is 0.0717. The molecule has 0 saturated carbocycles. The average Bonchev–Trinajstić information content (AvgIpc) is 2.48. The third-order valence-electron chi connectivity index (χ3n) is 3.90. The van der Waals surface area contributed by atoms with Crippen molar-refractivity contribution in [3.05, 3.63) is 35.9 Å². The molecule has 0 amide bonds. The molecule has 1 aromatic rings. The van der Waals surface area contributed by atoms with Crippen LogP contribution in [0.3, 0.4) is 0 Å². The van der Waals surface area contributed by atoms with Crippen LogP contribution in [0.2, 0.25) is 0 Å². The zero-order valence-corrected chi connectivity index (χ0v) is 12.8. The van der Waals surface area contributed by atoms with Gasteiger partial charge in [-0.1, -0.05) is 44.2 Å². The van der Waals surface area contributed by atoms with Crippen molar-refractivity contribution >= 4 is 0 Å². The van der Waals surface area contributed by atoms with Crippen molar-refractivity contribution in [2.24, 2.45) is 5.92 Å². The number of ether oxygens (including phenoxy) is 1. The summed E-state index contributed by atoms with van der Waals surface area (Å²) in [7, 11) is 0. The van der Waals surface area contributed by atoms with E-state index in [4.69, 9.17) is 4.74 Å². The molecule has 1 atom stereocenters. The molecule has 3 nitrogen and oxygen atoms in total. The highest BCUT2D eigenvalue weighted by Crippen LogP contribution is 2.21. The third-order valence-corrected chi connectivity index (χ3v) is 3.90. The molecule has 1 aromatic carbocycles. The van der Waals surface area contributed by atoms with E-state index in [1.807, 2.05) is 0 Å². The molecule has 1 N–H and O–H groups in total. The molecular formula is C17H28N2O. The van der Waals surface area contributed by atoms with Gasteiger partial charge in [-0.25, -0.2) is 0 Å². The lowest BCUT2D eigenvalue weighted by Crippen LogP contribution is -2.47. The van der Waals surface area contributed by atoms with Crippen molar-refractivity contribution in [1.82, 2.24) is 10.2 Å². The predicted octanol–water partition coefficient (Wildman–Crippen LogP) is 2.70. The van der Waals surface area contributed by atoms with E-state index in [0.717, 1.165) is 51.7 Å². The first-order chi connectivity index (χ1) is 9.77. The highest BCUT2D eigenvalue weighted by atomic mass is 16.5. The van der Waals surface area contributed by atoms with E-state index in [0.29, 0.717) is 6.04 Å². The van der Waals surface area contributed by atoms with Crippen LogP contribution in [-0.2, 0) is 4.74 Å². The first-order valence-corrected chi connectivity index (χ1v) is 7.85. The standard InChI is InChI=1S/C17H28N2O/c1-15(2)8-12-20-13-11-19-10-9-18-14-17(19)16-6-4-3-5-7-16/h3-7,15,17-18H,8-14H2,1-2H3. The van der Waals surface area contributed by atoms with E-state index in [2.05, 4.69) is 54.4 Å². The fourth-order valence-electron chi connectivity index (χ4n) is 2.62. The van der Waals surface area contributed by atoms with E-state index >= 15 is 0 Å². The van der Waals surface area contributed by atoms with E-state index in [-0.39, 0.29) is 0 Å². The third kappa shape index (κ3) is 4.89. The van der Waals surface area contributed by atoms with Gasteiger partial charge in [0.2, 0.25) is 0 Å². The van der Waals surface area contributed by atoms with E-state index in [1.165, 1.54) is 5.56 Å². The first-order valence-electron chi connectivity index (χ1n) is 7.85. The molecule has 1 fully saturated rings. The lowest BCUT2D eigenvalue weighted by atomic mass is 10.0. The number of piperazine rings is 1. The van der Waals surface area contributed by atoms with Gasteiger partial charge in [0.05, 0.1) is 6.61 Å². The van der Waals surface area contributed by atoms with Gasteiger partial charge in [0, 0.05) is 38.8 Å². The molecule has 0 bridgehead atoms. The highest BCUT2D eigenvalue weighted by molar-refractivity contribution is 5.20. The van der Waals surface area contributed by atoms with Crippen LogP contribution in [-0.4, -0.2) is 44.3 Å². The first kappa shape index (κ1) is 15.5. The Morgan fingerprint density at radius 2 is 2.05 bits per heavy atom. The Hall–Kier alpha value is -0.900. The zero-order chi connectivity index (χ0) is 14.2. The number of nitrogens with zero attached hydrogens (tertiary/aromatic N) is 1. The maximum absolute atomic E-state index is 5.77. The number of hydrogen-bond donors (Lipinski definition) is 1. The Morgan fingerprint density at radius 1 is 1.25 bits per heavy atom. The molecule has 0 radical (unpaired) electrons. The maximum Gasteiger partial charge on any atom is 0.0593 e. The molecule has 1 saturated heterocycles. The van der Waals surface area contributed by atoms with Gasteiger partial charge in [0.15, 0.2) is 0 Å². The number of rotatable bonds is 7. The van der Waals surface area contributed by atoms with Crippen LogP contribution >= 0.6 is 0 Å². The summed E-state index contributed by atoms with van der Waals surface area (Å²) in [4.78, 5) is 2.54. The zero-order valence-electron chi connectivity index (χ0n) is 12.8. The summed E-state index contributed by atoms with van der Waals surface area (Å²) in [5, 5.41) is 3.50. The summed E-state index contributed by atoms with van der Waals surface area (Å²) in [6, 6.07) is 11.3. The van der Waals surface area contributed by atoms with Crippen LogP contribution in [0.1, 0.15) is 31.9 Å². The summed E-state index contributed by atoms with van der Waals surface area (Å²) in [6.07, 6.45) is 1.16. The van der Waals surface area contributed by atoms with Crippen LogP contribution in [0.5, 0.6) is 0 Å². The molecule has 20 heavy (non-hydrogen) atoms. The van der Waals surface area contributed by atoms with Crippen molar-refractivity contribution in [2.45, 2.75) is 26.3 Å². The van der Waals surface area contributed by atoms with Crippen molar-refractivity contribution in [3.8, 4) is 0 Å². The second-order valence-electron chi connectivity index (χ2n) is 5.96. The molecular weight excluding hydrogens is 248 g/mol. The summed E-state index contributed by atoms with van der Waals surface area (Å²) in [5.74, 6) is 0.728. The fourth-order valence-corrected chi connectivity index (χ4v) is 2.62. The quantitative estimate of drug-likeness (QED) is 0.775. The van der Waals surface area contributed by atoms with Crippen molar-refractivity contribution < 1.29 is 4.74 Å². The second kappa shape index (κ2) is 8.40. The van der Waals surface area contributed by atoms with Crippen molar-refractivity contribution in [2.75, 3.05) is 39.4 Å². The minimum atomic E-state index is 0.485. The Kier molecular flexibility index (Phi) is 6.51. The fraction of sp³-hybridized carbons (Fsp3) is 0.647. The molecule has 1 aliphatic heterocycles. The molecule has 1 aliphatic rings. The molecule has 112 valence electrons. The largest absolute Gasteiger partial charge is 0.380 e. The smallest absolute Gasteiger partial charge is 0.0593 e. The van der Waals surface area contributed by atoms with Crippen molar-refractivity contribution in [1.29, 1.82) is 0 Å². The molecule has 1 heterocycles. The normalized spacial score (nSPS) is 20.4. The molecule has 0 aromatic heterocycles. The van der Waals surface area contributed by atoms with E-state index < -0.39 is 0 Å². The average molecular weight is 276 g/mol. The Morgan fingerprint density at radius 3 is 2.80 bits per heavy atom. The van der Waals surface area contributed by atoms with Crippen LogP contribution < -0.4 is 5.32 Å². The van der Waals surface area contributed by atoms with E-state index in [9.17, 15) is 0 Å².